The number of carbonyl (C=O) groups is 3. The first-order chi connectivity index (χ1) is 15.8. The molecule has 1 N–H and O–H groups in total. The molecule has 0 bridgehead atoms. The summed E-state index contributed by atoms with van der Waals surface area (Å²) in [7, 11) is 0. The first-order valence-corrected chi connectivity index (χ1v) is 12.1. The zero-order valence-corrected chi connectivity index (χ0v) is 19.2. The van der Waals surface area contributed by atoms with Crippen LogP contribution in [0.4, 0.5) is 0 Å². The minimum atomic E-state index is -1.40. The number of rotatable bonds is 4. The fraction of sp³-hybridized carbons (Fsp3) is 0.870. The molecule has 1 saturated carbocycles. The molecule has 6 atom stereocenters. The minimum absolute atomic E-state index is 0.0159. The zero-order chi connectivity index (χ0) is 23.2. The molecule has 10 heteroatoms. The zero-order valence-electron chi connectivity index (χ0n) is 19.2. The molecular formula is C23H33NO9. The summed E-state index contributed by atoms with van der Waals surface area (Å²) in [6.07, 6.45) is 2.59. The van der Waals surface area contributed by atoms with Crippen molar-refractivity contribution in [3.8, 4) is 0 Å². The van der Waals surface area contributed by atoms with Gasteiger partial charge in [0.15, 0.2) is 30.2 Å². The predicted molar refractivity (Wildman–Crippen MR) is 111 cm³/mol. The lowest BCUT2D eigenvalue weighted by Gasteiger charge is -2.38. The second-order valence-electron chi connectivity index (χ2n) is 10.1. The third kappa shape index (κ3) is 4.62. The average Bonchev–Trinajstić information content (AvgIpc) is 3.25. The molecule has 0 radical (unpaired) electrons. The lowest BCUT2D eigenvalue weighted by atomic mass is 9.80. The Morgan fingerprint density at radius 3 is 2.42 bits per heavy atom. The Balaban J connectivity index is 1.37. The molecule has 0 spiro atoms. The molecule has 4 saturated heterocycles. The van der Waals surface area contributed by atoms with Gasteiger partial charge >= 0.3 is 11.9 Å². The van der Waals surface area contributed by atoms with E-state index in [4.69, 9.17) is 28.4 Å². The Morgan fingerprint density at radius 1 is 0.970 bits per heavy atom. The molecule has 5 rings (SSSR count). The van der Waals surface area contributed by atoms with Gasteiger partial charge in [0, 0.05) is 18.9 Å². The van der Waals surface area contributed by atoms with Crippen LogP contribution in [0.15, 0.2) is 0 Å². The molecule has 1 amide bonds. The number of fused-ring (bicyclic) bond motifs is 3. The van der Waals surface area contributed by atoms with E-state index in [-0.39, 0.29) is 18.1 Å². The van der Waals surface area contributed by atoms with E-state index < -0.39 is 54.2 Å². The summed E-state index contributed by atoms with van der Waals surface area (Å²) in [6.45, 7) is 4.46. The number of carbonyl (C=O) groups excluding carboxylic acids is 3. The number of ether oxygens (including phenoxy) is 6. The molecule has 5 fully saturated rings. The van der Waals surface area contributed by atoms with Crippen molar-refractivity contribution in [3.05, 3.63) is 0 Å². The topological polar surface area (TPSA) is 119 Å². The Kier molecular flexibility index (Phi) is 6.37. The Labute approximate surface area is 192 Å². The van der Waals surface area contributed by atoms with Crippen molar-refractivity contribution in [2.24, 2.45) is 11.8 Å². The van der Waals surface area contributed by atoms with Gasteiger partial charge in [0.25, 0.3) is 0 Å². The van der Waals surface area contributed by atoms with Gasteiger partial charge in [-0.25, -0.2) is 0 Å². The van der Waals surface area contributed by atoms with Crippen molar-refractivity contribution in [1.29, 1.82) is 0 Å². The van der Waals surface area contributed by atoms with Gasteiger partial charge < -0.3 is 33.7 Å². The third-order valence-electron chi connectivity index (χ3n) is 7.21. The Morgan fingerprint density at radius 2 is 1.70 bits per heavy atom. The van der Waals surface area contributed by atoms with Crippen LogP contribution in [0.25, 0.3) is 0 Å². The Bertz CT molecular complexity index is 774. The normalized spacial score (nSPS) is 38.8. The van der Waals surface area contributed by atoms with Gasteiger partial charge in [-0.1, -0.05) is 19.3 Å². The molecule has 4 heterocycles. The third-order valence-corrected chi connectivity index (χ3v) is 7.21. The molecule has 0 aromatic heterocycles. The van der Waals surface area contributed by atoms with Crippen molar-refractivity contribution in [2.75, 3.05) is 13.2 Å². The molecule has 0 unspecified atom stereocenters. The Hall–Kier alpha value is -1.75. The van der Waals surface area contributed by atoms with Crippen LogP contribution in [0, 0.1) is 11.8 Å². The fourth-order valence-electron chi connectivity index (χ4n) is 5.59. The van der Waals surface area contributed by atoms with Crippen LogP contribution in [0.2, 0.25) is 0 Å². The van der Waals surface area contributed by atoms with Crippen molar-refractivity contribution < 1.29 is 42.8 Å². The van der Waals surface area contributed by atoms with Gasteiger partial charge in [-0.3, -0.25) is 14.4 Å². The van der Waals surface area contributed by atoms with Gasteiger partial charge in [0.2, 0.25) is 5.91 Å². The van der Waals surface area contributed by atoms with E-state index in [2.05, 4.69) is 5.32 Å². The molecule has 0 aromatic carbocycles. The van der Waals surface area contributed by atoms with Crippen molar-refractivity contribution in [3.63, 3.8) is 0 Å². The number of hydrogen-bond donors (Lipinski definition) is 1. The van der Waals surface area contributed by atoms with Crippen LogP contribution in [0.3, 0.4) is 0 Å². The first-order valence-electron chi connectivity index (χ1n) is 12.1. The number of nitrogens with one attached hydrogen (secondary N) is 1. The van der Waals surface area contributed by atoms with Gasteiger partial charge in [0.1, 0.15) is 12.2 Å². The summed E-state index contributed by atoms with van der Waals surface area (Å²) in [5.41, 5.74) is 0. The van der Waals surface area contributed by atoms with Gasteiger partial charge in [-0.2, -0.15) is 0 Å². The van der Waals surface area contributed by atoms with Crippen LogP contribution in [0.5, 0.6) is 0 Å². The highest BCUT2D eigenvalue weighted by Gasteiger charge is 2.65. The van der Waals surface area contributed by atoms with E-state index in [1.165, 1.54) is 0 Å². The largest absolute Gasteiger partial charge is 0.462 e. The molecule has 5 aliphatic rings. The number of hydrogen-bond acceptors (Lipinski definition) is 9. The highest BCUT2D eigenvalue weighted by atomic mass is 16.8. The van der Waals surface area contributed by atoms with Gasteiger partial charge in [-0.15, -0.1) is 0 Å². The summed E-state index contributed by atoms with van der Waals surface area (Å²) < 4.78 is 34.3. The SMILES string of the molecule is CC1(C)O[C@H]2O[C@H]3[C@H](OC(=O)[C@@H](C(=O)OC4CCOCC4)[C@@H]3C(=O)NC3CCCCC3)[C@H]2O1. The maximum absolute atomic E-state index is 13.5. The highest BCUT2D eigenvalue weighted by Crippen LogP contribution is 2.45. The summed E-state index contributed by atoms with van der Waals surface area (Å²) in [5.74, 6) is -5.30. The number of amides is 1. The molecule has 0 aromatic rings. The van der Waals surface area contributed by atoms with Crippen molar-refractivity contribution in [2.45, 2.75) is 101 Å². The molecule has 10 nitrogen and oxygen atoms in total. The van der Waals surface area contributed by atoms with Crippen molar-refractivity contribution in [1.82, 2.24) is 5.32 Å². The van der Waals surface area contributed by atoms with Gasteiger partial charge in [0.05, 0.1) is 19.1 Å². The van der Waals surface area contributed by atoms with E-state index in [1.807, 2.05) is 0 Å². The van der Waals surface area contributed by atoms with Crippen LogP contribution >= 0.6 is 0 Å². The summed E-state index contributed by atoms with van der Waals surface area (Å²) >= 11 is 0. The van der Waals surface area contributed by atoms with Crippen molar-refractivity contribution >= 4 is 17.8 Å². The van der Waals surface area contributed by atoms with E-state index in [0.29, 0.717) is 26.1 Å². The monoisotopic (exact) mass is 467 g/mol. The lowest BCUT2D eigenvalue weighted by molar-refractivity contribution is -0.238. The van der Waals surface area contributed by atoms with Crippen LogP contribution in [-0.2, 0) is 42.8 Å². The molecule has 33 heavy (non-hydrogen) atoms. The first kappa shape index (κ1) is 23.0. The lowest BCUT2D eigenvalue weighted by Crippen LogP contribution is -2.59. The van der Waals surface area contributed by atoms with E-state index >= 15 is 0 Å². The van der Waals surface area contributed by atoms with Crippen LogP contribution < -0.4 is 5.32 Å². The summed E-state index contributed by atoms with van der Waals surface area (Å²) in [4.78, 5) is 39.8. The molecular weight excluding hydrogens is 434 g/mol. The van der Waals surface area contributed by atoms with Crippen LogP contribution in [0.1, 0.15) is 58.8 Å². The number of esters is 2. The van der Waals surface area contributed by atoms with E-state index in [1.54, 1.807) is 13.8 Å². The second-order valence-corrected chi connectivity index (χ2v) is 10.1. The second kappa shape index (κ2) is 9.13. The average molecular weight is 468 g/mol. The molecule has 184 valence electrons. The highest BCUT2D eigenvalue weighted by molar-refractivity contribution is 6.01. The van der Waals surface area contributed by atoms with E-state index in [0.717, 1.165) is 32.1 Å². The standard InChI is InChI=1S/C23H33NO9/c1-23(2)32-18-17-16(31-22(18)33-23)14(19(25)24-12-6-4-3-5-7-12)15(21(27)30-17)20(26)29-13-8-10-28-11-9-13/h12-18,22H,3-11H2,1-2H3,(H,24,25)/t14-,15+,16+,17-,18+,22+/m0/s1. The molecule has 1 aliphatic carbocycles. The maximum atomic E-state index is 13.5. The van der Waals surface area contributed by atoms with Crippen LogP contribution in [-0.4, -0.2) is 73.6 Å². The summed E-state index contributed by atoms with van der Waals surface area (Å²) in [6, 6.07) is 0.0159. The quantitative estimate of drug-likeness (QED) is 0.480. The van der Waals surface area contributed by atoms with E-state index in [9.17, 15) is 14.4 Å². The minimum Gasteiger partial charge on any atom is -0.462 e. The predicted octanol–water partition coefficient (Wildman–Crippen LogP) is 1.19. The maximum Gasteiger partial charge on any atom is 0.321 e. The molecule has 4 aliphatic heterocycles. The fourth-order valence-corrected chi connectivity index (χ4v) is 5.59. The summed E-state index contributed by atoms with van der Waals surface area (Å²) in [5, 5.41) is 3.06. The smallest absolute Gasteiger partial charge is 0.321 e. The van der Waals surface area contributed by atoms with Gasteiger partial charge in [-0.05, 0) is 26.7 Å².